The Balaban J connectivity index is 1.59. The molecule has 0 aliphatic carbocycles. The Labute approximate surface area is 235 Å². The summed E-state index contributed by atoms with van der Waals surface area (Å²) in [6.45, 7) is 0. The van der Waals surface area contributed by atoms with E-state index in [0.717, 1.165) is 15.8 Å². The Hall–Kier alpha value is -3.51. The van der Waals surface area contributed by atoms with Crippen LogP contribution in [0.3, 0.4) is 0 Å². The molecule has 12 heteroatoms. The zero-order valence-electron chi connectivity index (χ0n) is 19.2. The third-order valence-electron chi connectivity index (χ3n) is 5.83. The first-order valence-corrected chi connectivity index (χ1v) is 14.5. The topological polar surface area (TPSA) is 117 Å². The molecule has 1 fully saturated rings. The number of anilines is 2. The first-order chi connectivity index (χ1) is 18.2. The highest BCUT2D eigenvalue weighted by Gasteiger charge is 2.47. The number of aliphatic hydroxyl groups is 1. The van der Waals surface area contributed by atoms with Crippen LogP contribution < -0.4 is 9.62 Å². The van der Waals surface area contributed by atoms with Crippen molar-refractivity contribution in [1.82, 2.24) is 4.98 Å². The van der Waals surface area contributed by atoms with E-state index in [4.69, 9.17) is 11.6 Å². The maximum absolute atomic E-state index is 13.3. The molecule has 0 spiro atoms. The van der Waals surface area contributed by atoms with E-state index in [2.05, 4.69) is 25.6 Å². The molecule has 1 saturated heterocycles. The molecule has 3 aromatic carbocycles. The van der Waals surface area contributed by atoms with Crippen LogP contribution in [0, 0.1) is 0 Å². The van der Waals surface area contributed by atoms with Crippen molar-refractivity contribution < 1.29 is 23.1 Å². The fraction of sp³-hybridized carbons (Fsp3) is 0.0385. The Morgan fingerprint density at radius 2 is 1.66 bits per heavy atom. The van der Waals surface area contributed by atoms with E-state index in [-0.39, 0.29) is 27.0 Å². The molecule has 38 heavy (non-hydrogen) atoms. The SMILES string of the molecule is O=C1C(=O)N(c2ccc(S(=O)(=O)Nc3nccs3)cc2)C(c2ccc(Br)cc2)/C1=C(\O)c1ccc(Cl)cc1. The van der Waals surface area contributed by atoms with Crippen molar-refractivity contribution in [2.75, 3.05) is 9.62 Å². The van der Waals surface area contributed by atoms with Crippen LogP contribution in [0.4, 0.5) is 10.8 Å². The summed E-state index contributed by atoms with van der Waals surface area (Å²) in [5, 5.41) is 13.5. The number of aliphatic hydroxyl groups excluding tert-OH is 1. The largest absolute Gasteiger partial charge is 0.507 e. The summed E-state index contributed by atoms with van der Waals surface area (Å²) in [5.41, 5.74) is 1.08. The molecule has 0 saturated carbocycles. The molecule has 2 heterocycles. The van der Waals surface area contributed by atoms with Gasteiger partial charge in [0.2, 0.25) is 0 Å². The van der Waals surface area contributed by atoms with Gasteiger partial charge in [0.25, 0.3) is 21.7 Å². The van der Waals surface area contributed by atoms with Gasteiger partial charge in [-0.05, 0) is 66.2 Å². The highest BCUT2D eigenvalue weighted by Crippen LogP contribution is 2.42. The molecule has 5 rings (SSSR count). The van der Waals surface area contributed by atoms with Crippen molar-refractivity contribution in [2.24, 2.45) is 0 Å². The van der Waals surface area contributed by atoms with Crippen LogP contribution in [-0.2, 0) is 19.6 Å². The lowest BCUT2D eigenvalue weighted by Gasteiger charge is -2.25. The summed E-state index contributed by atoms with van der Waals surface area (Å²) in [6.07, 6.45) is 1.48. The normalized spacial score (nSPS) is 17.1. The molecule has 1 aliphatic heterocycles. The summed E-state index contributed by atoms with van der Waals surface area (Å²) in [6, 6.07) is 17.8. The van der Waals surface area contributed by atoms with E-state index in [9.17, 15) is 23.1 Å². The predicted molar refractivity (Wildman–Crippen MR) is 150 cm³/mol. The van der Waals surface area contributed by atoms with Crippen LogP contribution in [0.5, 0.6) is 0 Å². The van der Waals surface area contributed by atoms with Crippen LogP contribution in [0.2, 0.25) is 5.02 Å². The quantitative estimate of drug-likeness (QED) is 0.154. The van der Waals surface area contributed by atoms with E-state index in [1.54, 1.807) is 53.9 Å². The van der Waals surface area contributed by atoms with Crippen molar-refractivity contribution >= 4 is 77.2 Å². The monoisotopic (exact) mass is 629 g/mol. The highest BCUT2D eigenvalue weighted by atomic mass is 79.9. The summed E-state index contributed by atoms with van der Waals surface area (Å²) >= 11 is 10.5. The predicted octanol–water partition coefficient (Wildman–Crippen LogP) is 5.99. The maximum atomic E-state index is 13.3. The molecule has 1 aromatic heterocycles. The first-order valence-electron chi connectivity index (χ1n) is 11.0. The number of hydrogen-bond donors (Lipinski definition) is 2. The number of Topliss-reactive ketones (excluding diaryl/α,β-unsaturated/α-hetero) is 1. The van der Waals surface area contributed by atoms with Gasteiger partial charge in [0.15, 0.2) is 5.13 Å². The molecular formula is C26H17BrClN3O5S2. The number of aromatic nitrogens is 1. The number of ketones is 1. The average Bonchev–Trinajstić information content (AvgIpc) is 3.50. The van der Waals surface area contributed by atoms with Crippen LogP contribution >= 0.6 is 38.9 Å². The summed E-state index contributed by atoms with van der Waals surface area (Å²) in [7, 11) is -3.92. The Bertz CT molecular complexity index is 1660. The number of rotatable bonds is 6. The van der Waals surface area contributed by atoms with Crippen LogP contribution in [0.15, 0.2) is 99.3 Å². The van der Waals surface area contributed by atoms with Crippen LogP contribution in [0.25, 0.3) is 5.76 Å². The number of nitrogens with zero attached hydrogens (tertiary/aromatic N) is 2. The molecule has 192 valence electrons. The number of carbonyl (C=O) groups is 2. The molecule has 1 aliphatic rings. The second-order valence-corrected chi connectivity index (χ2v) is 12.1. The van der Waals surface area contributed by atoms with Gasteiger partial charge < -0.3 is 5.11 Å². The highest BCUT2D eigenvalue weighted by molar-refractivity contribution is 9.10. The van der Waals surface area contributed by atoms with E-state index < -0.39 is 27.8 Å². The fourth-order valence-electron chi connectivity index (χ4n) is 4.06. The lowest BCUT2D eigenvalue weighted by molar-refractivity contribution is -0.132. The summed E-state index contributed by atoms with van der Waals surface area (Å²) < 4.78 is 28.7. The van der Waals surface area contributed by atoms with Gasteiger partial charge in [-0.1, -0.05) is 39.7 Å². The molecule has 8 nitrogen and oxygen atoms in total. The van der Waals surface area contributed by atoms with E-state index in [1.807, 2.05) is 0 Å². The van der Waals surface area contributed by atoms with Crippen molar-refractivity contribution in [3.05, 3.63) is 111 Å². The van der Waals surface area contributed by atoms with Crippen LogP contribution in [-0.4, -0.2) is 30.2 Å². The van der Waals surface area contributed by atoms with Gasteiger partial charge in [-0.15, -0.1) is 11.3 Å². The van der Waals surface area contributed by atoms with E-state index in [1.165, 1.54) is 35.4 Å². The van der Waals surface area contributed by atoms with Crippen molar-refractivity contribution in [2.45, 2.75) is 10.9 Å². The number of amides is 1. The number of nitrogens with one attached hydrogen (secondary N) is 1. The molecule has 1 unspecified atom stereocenters. The second kappa shape index (κ2) is 10.3. The molecular weight excluding hydrogens is 614 g/mol. The van der Waals surface area contributed by atoms with Crippen molar-refractivity contribution in [3.63, 3.8) is 0 Å². The number of benzene rings is 3. The Kier molecular flexibility index (Phi) is 7.10. The molecule has 2 N–H and O–H groups in total. The fourth-order valence-corrected chi connectivity index (χ4v) is 6.24. The zero-order valence-corrected chi connectivity index (χ0v) is 23.2. The number of sulfonamides is 1. The van der Waals surface area contributed by atoms with Gasteiger partial charge >= 0.3 is 0 Å². The minimum absolute atomic E-state index is 0.0469. The maximum Gasteiger partial charge on any atom is 0.300 e. The smallest absolute Gasteiger partial charge is 0.300 e. The van der Waals surface area contributed by atoms with Gasteiger partial charge in [-0.25, -0.2) is 13.4 Å². The van der Waals surface area contributed by atoms with Gasteiger partial charge in [-0.3, -0.25) is 19.2 Å². The average molecular weight is 631 g/mol. The second-order valence-electron chi connectivity index (χ2n) is 8.16. The van der Waals surface area contributed by atoms with E-state index >= 15 is 0 Å². The number of hydrogen-bond acceptors (Lipinski definition) is 7. The van der Waals surface area contributed by atoms with Crippen LogP contribution in [0.1, 0.15) is 17.2 Å². The third kappa shape index (κ3) is 4.97. The number of carbonyl (C=O) groups excluding carboxylic acids is 2. The molecule has 1 amide bonds. The lowest BCUT2D eigenvalue weighted by atomic mass is 9.95. The Morgan fingerprint density at radius 3 is 2.26 bits per heavy atom. The van der Waals surface area contributed by atoms with E-state index in [0.29, 0.717) is 16.1 Å². The number of thiazole rings is 1. The Morgan fingerprint density at radius 1 is 1.00 bits per heavy atom. The van der Waals surface area contributed by atoms with Gasteiger partial charge in [0, 0.05) is 32.3 Å². The van der Waals surface area contributed by atoms with Gasteiger partial charge in [0.05, 0.1) is 16.5 Å². The zero-order chi connectivity index (χ0) is 27.0. The molecule has 0 radical (unpaired) electrons. The number of halogens is 2. The first kappa shape index (κ1) is 26.1. The van der Waals surface area contributed by atoms with Crippen molar-refractivity contribution in [1.29, 1.82) is 0 Å². The standard InChI is InChI=1S/C26H17BrClN3O5S2/c27-17-5-1-15(2-6-17)22-21(23(32)16-3-7-18(28)8-4-16)24(33)25(34)31(22)19-9-11-20(12-10-19)38(35,36)30-26-29-13-14-37-26/h1-14,22,32H,(H,29,30)/b23-21+. The van der Waals surface area contributed by atoms with Crippen molar-refractivity contribution in [3.8, 4) is 0 Å². The van der Waals surface area contributed by atoms with Gasteiger partial charge in [-0.2, -0.15) is 0 Å². The summed E-state index contributed by atoms with van der Waals surface area (Å²) in [5.74, 6) is -2.07. The minimum atomic E-state index is -3.92. The lowest BCUT2D eigenvalue weighted by Crippen LogP contribution is -2.29. The van der Waals surface area contributed by atoms with Gasteiger partial charge in [0.1, 0.15) is 5.76 Å². The molecule has 0 bridgehead atoms. The third-order valence-corrected chi connectivity index (χ3v) is 8.78. The minimum Gasteiger partial charge on any atom is -0.507 e. The molecule has 1 atom stereocenters. The molecule has 4 aromatic rings. The summed E-state index contributed by atoms with van der Waals surface area (Å²) in [4.78, 5) is 31.7.